The molecule has 128 valence electrons. The molecule has 0 bridgehead atoms. The summed E-state index contributed by atoms with van der Waals surface area (Å²) >= 11 is 5.96. The first-order chi connectivity index (χ1) is 12.5. The van der Waals surface area contributed by atoms with Crippen molar-refractivity contribution in [2.75, 3.05) is 10.6 Å². The van der Waals surface area contributed by atoms with Crippen LogP contribution in [0.25, 0.3) is 0 Å². The lowest BCUT2D eigenvalue weighted by Gasteiger charge is -2.09. The molecule has 0 saturated heterocycles. The summed E-state index contributed by atoms with van der Waals surface area (Å²) in [7, 11) is 0. The Kier molecular flexibility index (Phi) is 5.11. The fourth-order valence-corrected chi connectivity index (χ4v) is 2.41. The number of anilines is 3. The van der Waals surface area contributed by atoms with E-state index in [9.17, 15) is 4.79 Å². The van der Waals surface area contributed by atoms with E-state index in [4.69, 9.17) is 16.9 Å². The fourth-order valence-electron chi connectivity index (χ4n) is 2.24. The summed E-state index contributed by atoms with van der Waals surface area (Å²) in [6.45, 7) is 1.87. The standard InChI is InChI=1S/C19H14ClN5O/c1-12-5-6-14(20)8-16(12)25-19(26)17-10-23-18(11-22-17)24-15-4-2-3-13(7-15)9-21/h2-8,10-11H,1H3,(H,23,24)(H,25,26). The Hall–Kier alpha value is -3.43. The second-order valence-corrected chi connectivity index (χ2v) is 5.95. The van der Waals surface area contributed by atoms with E-state index in [0.29, 0.717) is 27.8 Å². The van der Waals surface area contributed by atoms with Crippen molar-refractivity contribution >= 4 is 34.7 Å². The average molecular weight is 364 g/mol. The summed E-state index contributed by atoms with van der Waals surface area (Å²) < 4.78 is 0. The third-order valence-corrected chi connectivity index (χ3v) is 3.83. The quantitative estimate of drug-likeness (QED) is 0.720. The summed E-state index contributed by atoms with van der Waals surface area (Å²) in [5, 5.41) is 15.3. The molecular formula is C19H14ClN5O. The Morgan fingerprint density at radius 3 is 2.73 bits per heavy atom. The van der Waals surface area contributed by atoms with Gasteiger partial charge in [0.15, 0.2) is 0 Å². The molecule has 0 aliphatic carbocycles. The van der Waals surface area contributed by atoms with Gasteiger partial charge in [-0.05, 0) is 42.8 Å². The van der Waals surface area contributed by atoms with Crippen molar-refractivity contribution in [1.82, 2.24) is 9.97 Å². The molecule has 0 radical (unpaired) electrons. The molecule has 0 fully saturated rings. The van der Waals surface area contributed by atoms with Crippen molar-refractivity contribution in [2.45, 2.75) is 6.92 Å². The van der Waals surface area contributed by atoms with Crippen LogP contribution in [0.3, 0.4) is 0 Å². The highest BCUT2D eigenvalue weighted by atomic mass is 35.5. The normalized spacial score (nSPS) is 10.0. The maximum absolute atomic E-state index is 12.3. The fraction of sp³-hybridized carbons (Fsp3) is 0.0526. The molecule has 0 saturated carbocycles. The number of hydrogen-bond acceptors (Lipinski definition) is 5. The van der Waals surface area contributed by atoms with E-state index < -0.39 is 0 Å². The van der Waals surface area contributed by atoms with Crippen LogP contribution in [0.2, 0.25) is 5.02 Å². The first-order valence-corrected chi connectivity index (χ1v) is 8.10. The lowest BCUT2D eigenvalue weighted by atomic mass is 10.2. The van der Waals surface area contributed by atoms with Crippen LogP contribution >= 0.6 is 11.6 Å². The molecular weight excluding hydrogens is 350 g/mol. The molecule has 6 nitrogen and oxygen atoms in total. The lowest BCUT2D eigenvalue weighted by molar-refractivity contribution is 0.102. The number of nitrogens with one attached hydrogen (secondary N) is 2. The number of carbonyl (C=O) groups is 1. The number of nitrogens with zero attached hydrogens (tertiary/aromatic N) is 3. The van der Waals surface area contributed by atoms with Gasteiger partial charge in [-0.3, -0.25) is 4.79 Å². The maximum atomic E-state index is 12.3. The maximum Gasteiger partial charge on any atom is 0.275 e. The zero-order chi connectivity index (χ0) is 18.5. The Morgan fingerprint density at radius 1 is 1.15 bits per heavy atom. The Balaban J connectivity index is 1.71. The monoisotopic (exact) mass is 363 g/mol. The number of aryl methyl sites for hydroxylation is 1. The SMILES string of the molecule is Cc1ccc(Cl)cc1NC(=O)c1cnc(Nc2cccc(C#N)c2)cn1. The zero-order valence-electron chi connectivity index (χ0n) is 13.8. The summed E-state index contributed by atoms with van der Waals surface area (Å²) in [6.07, 6.45) is 2.84. The van der Waals surface area contributed by atoms with Gasteiger partial charge in [0, 0.05) is 16.4 Å². The molecule has 7 heteroatoms. The van der Waals surface area contributed by atoms with Crippen LogP contribution in [-0.2, 0) is 0 Å². The van der Waals surface area contributed by atoms with Crippen LogP contribution in [-0.4, -0.2) is 15.9 Å². The first-order valence-electron chi connectivity index (χ1n) is 7.72. The van der Waals surface area contributed by atoms with Crippen LogP contribution in [0.1, 0.15) is 21.6 Å². The van der Waals surface area contributed by atoms with E-state index in [1.165, 1.54) is 12.4 Å². The lowest BCUT2D eigenvalue weighted by Crippen LogP contribution is -2.15. The van der Waals surface area contributed by atoms with Crippen molar-refractivity contribution < 1.29 is 4.79 Å². The van der Waals surface area contributed by atoms with Gasteiger partial charge in [-0.25, -0.2) is 9.97 Å². The van der Waals surface area contributed by atoms with Crippen LogP contribution in [0.15, 0.2) is 54.9 Å². The largest absolute Gasteiger partial charge is 0.339 e. The predicted molar refractivity (Wildman–Crippen MR) is 101 cm³/mol. The number of aromatic nitrogens is 2. The molecule has 0 unspecified atom stereocenters. The average Bonchev–Trinajstić information content (AvgIpc) is 2.65. The number of rotatable bonds is 4. The third kappa shape index (κ3) is 4.15. The Morgan fingerprint density at radius 2 is 2.00 bits per heavy atom. The van der Waals surface area contributed by atoms with E-state index in [-0.39, 0.29) is 11.6 Å². The number of benzene rings is 2. The van der Waals surface area contributed by atoms with Crippen LogP contribution < -0.4 is 10.6 Å². The number of nitriles is 1. The molecule has 1 aromatic heterocycles. The second-order valence-electron chi connectivity index (χ2n) is 5.52. The van der Waals surface area contributed by atoms with Crippen LogP contribution in [0.4, 0.5) is 17.2 Å². The van der Waals surface area contributed by atoms with E-state index in [0.717, 1.165) is 5.56 Å². The topological polar surface area (TPSA) is 90.7 Å². The highest BCUT2D eigenvalue weighted by Crippen LogP contribution is 2.21. The molecule has 3 rings (SSSR count). The first kappa shape index (κ1) is 17.4. The van der Waals surface area contributed by atoms with Crippen molar-refractivity contribution in [2.24, 2.45) is 0 Å². The van der Waals surface area contributed by atoms with Gasteiger partial charge in [-0.1, -0.05) is 23.7 Å². The number of halogens is 1. The van der Waals surface area contributed by atoms with Crippen LogP contribution in [0.5, 0.6) is 0 Å². The van der Waals surface area contributed by atoms with Gasteiger partial charge >= 0.3 is 0 Å². The van der Waals surface area contributed by atoms with Crippen molar-refractivity contribution in [1.29, 1.82) is 5.26 Å². The number of amides is 1. The van der Waals surface area contributed by atoms with Gasteiger partial charge < -0.3 is 10.6 Å². The minimum absolute atomic E-state index is 0.181. The van der Waals surface area contributed by atoms with E-state index in [1.54, 1.807) is 30.3 Å². The van der Waals surface area contributed by atoms with Crippen molar-refractivity contribution in [3.63, 3.8) is 0 Å². The van der Waals surface area contributed by atoms with Gasteiger partial charge in [0.2, 0.25) is 0 Å². The van der Waals surface area contributed by atoms with E-state index in [1.807, 2.05) is 19.1 Å². The summed E-state index contributed by atoms with van der Waals surface area (Å²) in [6, 6.07) is 14.3. The molecule has 0 spiro atoms. The third-order valence-electron chi connectivity index (χ3n) is 3.60. The molecule has 26 heavy (non-hydrogen) atoms. The number of carbonyl (C=O) groups excluding carboxylic acids is 1. The molecule has 3 aromatic rings. The summed E-state index contributed by atoms with van der Waals surface area (Å²) in [4.78, 5) is 20.6. The number of hydrogen-bond donors (Lipinski definition) is 2. The van der Waals surface area contributed by atoms with Gasteiger partial charge in [-0.2, -0.15) is 5.26 Å². The van der Waals surface area contributed by atoms with Crippen molar-refractivity contribution in [3.8, 4) is 6.07 Å². The smallest absolute Gasteiger partial charge is 0.275 e. The van der Waals surface area contributed by atoms with Gasteiger partial charge in [0.25, 0.3) is 5.91 Å². The highest BCUT2D eigenvalue weighted by Gasteiger charge is 2.10. The van der Waals surface area contributed by atoms with Crippen molar-refractivity contribution in [3.05, 3.63) is 76.7 Å². The Bertz CT molecular complexity index is 996. The Labute approximate surface area is 155 Å². The predicted octanol–water partition coefficient (Wildman–Crippen LogP) is 4.31. The minimum atomic E-state index is -0.374. The molecule has 0 atom stereocenters. The molecule has 1 heterocycles. The molecule has 2 aromatic carbocycles. The second kappa shape index (κ2) is 7.64. The van der Waals surface area contributed by atoms with E-state index in [2.05, 4.69) is 26.7 Å². The molecule has 0 aliphatic heterocycles. The zero-order valence-corrected chi connectivity index (χ0v) is 14.6. The van der Waals surface area contributed by atoms with Crippen LogP contribution in [0, 0.1) is 18.3 Å². The minimum Gasteiger partial charge on any atom is -0.339 e. The highest BCUT2D eigenvalue weighted by molar-refractivity contribution is 6.31. The van der Waals surface area contributed by atoms with Gasteiger partial charge in [0.1, 0.15) is 11.5 Å². The van der Waals surface area contributed by atoms with Gasteiger partial charge in [0.05, 0.1) is 24.0 Å². The molecule has 0 aliphatic rings. The van der Waals surface area contributed by atoms with E-state index >= 15 is 0 Å². The summed E-state index contributed by atoms with van der Waals surface area (Å²) in [5.74, 6) is 0.0940. The molecule has 1 amide bonds. The molecule has 2 N–H and O–H groups in total. The van der Waals surface area contributed by atoms with Gasteiger partial charge in [-0.15, -0.1) is 0 Å². The summed E-state index contributed by atoms with van der Waals surface area (Å²) in [5.41, 5.74) is 2.95.